The van der Waals surface area contributed by atoms with Crippen LogP contribution in [-0.4, -0.2) is 23.7 Å². The Balaban J connectivity index is 1.71. The number of aliphatic carboxylic acids is 1. The molecule has 1 aliphatic rings. The molecule has 1 aromatic heterocycles. The van der Waals surface area contributed by atoms with Crippen molar-refractivity contribution in [3.63, 3.8) is 0 Å². The highest BCUT2D eigenvalue weighted by Gasteiger charge is 2.50. The largest absolute Gasteiger partial charge is 0.481 e. The summed E-state index contributed by atoms with van der Waals surface area (Å²) in [6.07, 6.45) is 1.29. The van der Waals surface area contributed by atoms with E-state index in [1.54, 1.807) is 11.3 Å². The van der Waals surface area contributed by atoms with Crippen LogP contribution in [0.25, 0.3) is 0 Å². The molecule has 2 amide bonds. The minimum atomic E-state index is -0.823. The molecule has 0 radical (unpaired) electrons. The van der Waals surface area contributed by atoms with Crippen LogP contribution in [0.15, 0.2) is 12.1 Å². The Morgan fingerprint density at radius 3 is 2.61 bits per heavy atom. The molecule has 0 unspecified atom stereocenters. The first-order valence-corrected chi connectivity index (χ1v) is 6.64. The number of carboxylic acids is 1. The van der Waals surface area contributed by atoms with Gasteiger partial charge in [0.25, 0.3) is 0 Å². The standard InChI is InChI=1S/C12H16N2O3S/c1-8-2-3-9(18-8)6-13-11(17)14-7-12(4-5-12)10(15)16/h2-3H,4-7H2,1H3,(H,15,16)(H2,13,14,17). The highest BCUT2D eigenvalue weighted by molar-refractivity contribution is 7.11. The van der Waals surface area contributed by atoms with Crippen LogP contribution in [0.1, 0.15) is 22.6 Å². The van der Waals surface area contributed by atoms with E-state index >= 15 is 0 Å². The van der Waals surface area contributed by atoms with Gasteiger partial charge in [-0.1, -0.05) is 0 Å². The number of carbonyl (C=O) groups is 2. The quantitative estimate of drug-likeness (QED) is 0.761. The Kier molecular flexibility index (Phi) is 3.56. The summed E-state index contributed by atoms with van der Waals surface area (Å²) in [6.45, 7) is 2.69. The average molecular weight is 268 g/mol. The minimum Gasteiger partial charge on any atom is -0.481 e. The number of amides is 2. The number of urea groups is 1. The third kappa shape index (κ3) is 3.01. The van der Waals surface area contributed by atoms with Crippen LogP contribution in [0.3, 0.4) is 0 Å². The molecule has 18 heavy (non-hydrogen) atoms. The van der Waals surface area contributed by atoms with Gasteiger partial charge in [-0.05, 0) is 31.9 Å². The second-order valence-electron chi connectivity index (χ2n) is 4.63. The van der Waals surface area contributed by atoms with Crippen molar-refractivity contribution in [3.05, 3.63) is 21.9 Å². The smallest absolute Gasteiger partial charge is 0.315 e. The van der Waals surface area contributed by atoms with Crippen molar-refractivity contribution in [1.82, 2.24) is 10.6 Å². The Hall–Kier alpha value is -1.56. The number of carbonyl (C=O) groups excluding carboxylic acids is 1. The van der Waals surface area contributed by atoms with Gasteiger partial charge < -0.3 is 15.7 Å². The second kappa shape index (κ2) is 4.97. The van der Waals surface area contributed by atoms with E-state index in [0.29, 0.717) is 19.4 Å². The van der Waals surface area contributed by atoms with Crippen LogP contribution in [0.4, 0.5) is 4.79 Å². The molecule has 1 aromatic rings. The van der Waals surface area contributed by atoms with Gasteiger partial charge in [-0.25, -0.2) is 4.79 Å². The Morgan fingerprint density at radius 1 is 1.39 bits per heavy atom. The molecular weight excluding hydrogens is 252 g/mol. The van der Waals surface area contributed by atoms with E-state index in [1.807, 2.05) is 19.1 Å². The lowest BCUT2D eigenvalue weighted by Gasteiger charge is -2.11. The van der Waals surface area contributed by atoms with E-state index in [-0.39, 0.29) is 12.6 Å². The van der Waals surface area contributed by atoms with Crippen LogP contribution in [0.5, 0.6) is 0 Å². The molecular formula is C12H16N2O3S. The molecule has 0 saturated heterocycles. The van der Waals surface area contributed by atoms with Crippen molar-refractivity contribution in [1.29, 1.82) is 0 Å². The fourth-order valence-corrected chi connectivity index (χ4v) is 2.51. The first-order valence-electron chi connectivity index (χ1n) is 5.82. The van der Waals surface area contributed by atoms with E-state index in [2.05, 4.69) is 10.6 Å². The highest BCUT2D eigenvalue weighted by Crippen LogP contribution is 2.45. The SMILES string of the molecule is Cc1ccc(CNC(=O)NCC2(C(=O)O)CC2)s1. The van der Waals surface area contributed by atoms with Crippen LogP contribution >= 0.6 is 11.3 Å². The van der Waals surface area contributed by atoms with Crippen LogP contribution in [0.2, 0.25) is 0 Å². The molecule has 2 rings (SSSR count). The third-order valence-electron chi connectivity index (χ3n) is 3.11. The monoisotopic (exact) mass is 268 g/mol. The van der Waals surface area contributed by atoms with Crippen molar-refractivity contribution in [2.24, 2.45) is 5.41 Å². The maximum Gasteiger partial charge on any atom is 0.315 e. The van der Waals surface area contributed by atoms with Gasteiger partial charge >= 0.3 is 12.0 Å². The molecule has 0 spiro atoms. The molecule has 0 atom stereocenters. The lowest BCUT2D eigenvalue weighted by molar-refractivity contribution is -0.143. The van der Waals surface area contributed by atoms with Gasteiger partial charge in [-0.3, -0.25) is 4.79 Å². The van der Waals surface area contributed by atoms with Gasteiger partial charge in [0, 0.05) is 16.3 Å². The van der Waals surface area contributed by atoms with Crippen molar-refractivity contribution in [2.45, 2.75) is 26.3 Å². The number of carboxylic acid groups (broad SMARTS) is 1. The molecule has 6 heteroatoms. The predicted molar refractivity (Wildman–Crippen MR) is 68.6 cm³/mol. The first-order chi connectivity index (χ1) is 8.52. The van der Waals surface area contributed by atoms with Gasteiger partial charge in [0.05, 0.1) is 12.0 Å². The minimum absolute atomic E-state index is 0.206. The first kappa shape index (κ1) is 12.9. The number of rotatable bonds is 5. The van der Waals surface area contributed by atoms with Crippen LogP contribution in [-0.2, 0) is 11.3 Å². The zero-order valence-electron chi connectivity index (χ0n) is 10.2. The number of hydrogen-bond acceptors (Lipinski definition) is 3. The van der Waals surface area contributed by atoms with E-state index in [9.17, 15) is 9.59 Å². The molecule has 1 fully saturated rings. The van der Waals surface area contributed by atoms with Gasteiger partial charge in [0.1, 0.15) is 0 Å². The summed E-state index contributed by atoms with van der Waals surface area (Å²) in [6, 6.07) is 3.66. The molecule has 5 nitrogen and oxygen atoms in total. The number of thiophene rings is 1. The second-order valence-corrected chi connectivity index (χ2v) is 6.01. The lowest BCUT2D eigenvalue weighted by Crippen LogP contribution is -2.40. The summed E-state index contributed by atoms with van der Waals surface area (Å²) in [4.78, 5) is 24.7. The van der Waals surface area contributed by atoms with Gasteiger partial charge in [-0.15, -0.1) is 11.3 Å². The van der Waals surface area contributed by atoms with Crippen molar-refractivity contribution in [2.75, 3.05) is 6.54 Å². The number of aryl methyl sites for hydroxylation is 1. The maximum atomic E-state index is 11.5. The Labute approximate surface area is 109 Å². The summed E-state index contributed by atoms with van der Waals surface area (Å²) in [5.74, 6) is -0.823. The summed E-state index contributed by atoms with van der Waals surface area (Å²) in [5.41, 5.74) is -0.711. The van der Waals surface area contributed by atoms with E-state index in [1.165, 1.54) is 4.88 Å². The summed E-state index contributed by atoms with van der Waals surface area (Å²) in [5, 5.41) is 14.3. The third-order valence-corrected chi connectivity index (χ3v) is 4.11. The molecule has 1 aliphatic carbocycles. The molecule has 0 bridgehead atoms. The molecule has 3 N–H and O–H groups in total. The molecule has 0 aromatic carbocycles. The van der Waals surface area contributed by atoms with Crippen molar-refractivity contribution in [3.8, 4) is 0 Å². The maximum absolute atomic E-state index is 11.5. The molecule has 1 saturated carbocycles. The predicted octanol–water partition coefficient (Wildman–Crippen LogP) is 1.72. The Morgan fingerprint density at radius 2 is 2.11 bits per heavy atom. The highest BCUT2D eigenvalue weighted by atomic mass is 32.1. The number of hydrogen-bond donors (Lipinski definition) is 3. The molecule has 0 aliphatic heterocycles. The van der Waals surface area contributed by atoms with Gasteiger partial charge in [-0.2, -0.15) is 0 Å². The van der Waals surface area contributed by atoms with E-state index < -0.39 is 11.4 Å². The average Bonchev–Trinajstić information content (AvgIpc) is 3.02. The molecule has 1 heterocycles. The van der Waals surface area contributed by atoms with Gasteiger partial charge in [0.15, 0.2) is 0 Å². The molecule has 98 valence electrons. The summed E-state index contributed by atoms with van der Waals surface area (Å²) >= 11 is 1.63. The number of nitrogens with one attached hydrogen (secondary N) is 2. The fourth-order valence-electron chi connectivity index (χ4n) is 1.68. The van der Waals surface area contributed by atoms with E-state index in [4.69, 9.17) is 5.11 Å². The van der Waals surface area contributed by atoms with Crippen LogP contribution in [0, 0.1) is 12.3 Å². The Bertz CT molecular complexity index is 466. The van der Waals surface area contributed by atoms with E-state index in [0.717, 1.165) is 4.88 Å². The summed E-state index contributed by atoms with van der Waals surface area (Å²) < 4.78 is 0. The lowest BCUT2D eigenvalue weighted by atomic mass is 10.1. The topological polar surface area (TPSA) is 78.4 Å². The zero-order valence-corrected chi connectivity index (χ0v) is 11.0. The summed E-state index contributed by atoms with van der Waals surface area (Å²) in [7, 11) is 0. The van der Waals surface area contributed by atoms with Crippen molar-refractivity contribution < 1.29 is 14.7 Å². The van der Waals surface area contributed by atoms with Gasteiger partial charge in [0.2, 0.25) is 0 Å². The fraction of sp³-hybridized carbons (Fsp3) is 0.500. The normalized spacial score (nSPS) is 16.1. The zero-order chi connectivity index (χ0) is 13.2. The van der Waals surface area contributed by atoms with Crippen LogP contribution < -0.4 is 10.6 Å². The van der Waals surface area contributed by atoms with Crippen molar-refractivity contribution >= 4 is 23.3 Å².